The molecule has 8 heteroatoms. The molecule has 0 aliphatic carbocycles. The largest absolute Gasteiger partial charge is 0.496 e. The quantitative estimate of drug-likeness (QED) is 0.477. The molecule has 0 aliphatic rings. The van der Waals surface area contributed by atoms with Gasteiger partial charge in [-0.15, -0.1) is 0 Å². The highest BCUT2D eigenvalue weighted by Gasteiger charge is 2.16. The summed E-state index contributed by atoms with van der Waals surface area (Å²) in [5, 5.41) is 14.3. The second-order valence-electron chi connectivity index (χ2n) is 4.60. The van der Waals surface area contributed by atoms with Crippen molar-refractivity contribution >= 4 is 46.6 Å². The van der Waals surface area contributed by atoms with Crippen LogP contribution in [-0.2, 0) is 4.79 Å². The number of nitro groups is 1. The van der Waals surface area contributed by atoms with Crippen LogP contribution in [0.5, 0.6) is 5.75 Å². The number of anilines is 1. The average molecular weight is 367 g/mol. The molecule has 24 heavy (non-hydrogen) atoms. The fourth-order valence-corrected chi connectivity index (χ4v) is 2.42. The standard InChI is InChI=1S/C16H12Cl2N2O4/c1-24-10-5-7-14(15(9-10)20(22)23)19-16(21)8-6-11-12(17)3-2-4-13(11)18/h2-9H,1H3,(H,19,21)/b8-6+. The Morgan fingerprint density at radius 3 is 2.50 bits per heavy atom. The van der Waals surface area contributed by atoms with Crippen LogP contribution in [0.15, 0.2) is 42.5 Å². The summed E-state index contributed by atoms with van der Waals surface area (Å²) in [6.07, 6.45) is 2.64. The van der Waals surface area contributed by atoms with Gasteiger partial charge in [0.15, 0.2) is 0 Å². The summed E-state index contributed by atoms with van der Waals surface area (Å²) in [6, 6.07) is 9.09. The Kier molecular flexibility index (Phi) is 5.78. The SMILES string of the molecule is COc1ccc(NC(=O)/C=C/c2c(Cl)cccc2Cl)c([N+](=O)[O-])c1. The lowest BCUT2D eigenvalue weighted by molar-refractivity contribution is -0.384. The van der Waals surface area contributed by atoms with Crippen LogP contribution < -0.4 is 10.1 Å². The van der Waals surface area contributed by atoms with Gasteiger partial charge in [0, 0.05) is 21.7 Å². The first kappa shape index (κ1) is 17.8. The predicted octanol–water partition coefficient (Wildman–Crippen LogP) is 4.56. The number of nitro benzene ring substituents is 1. The van der Waals surface area contributed by atoms with Crippen LogP contribution >= 0.6 is 23.2 Å². The molecule has 0 saturated heterocycles. The van der Waals surface area contributed by atoms with Crippen molar-refractivity contribution in [3.8, 4) is 5.75 Å². The molecule has 0 aromatic heterocycles. The molecule has 0 bridgehead atoms. The highest BCUT2D eigenvalue weighted by atomic mass is 35.5. The van der Waals surface area contributed by atoms with E-state index in [9.17, 15) is 14.9 Å². The van der Waals surface area contributed by atoms with Crippen LogP contribution in [-0.4, -0.2) is 17.9 Å². The molecule has 2 rings (SSSR count). The van der Waals surface area contributed by atoms with Gasteiger partial charge in [0.05, 0.1) is 18.1 Å². The maximum absolute atomic E-state index is 12.0. The predicted molar refractivity (Wildman–Crippen MR) is 93.8 cm³/mol. The van der Waals surface area contributed by atoms with Crippen molar-refractivity contribution in [3.05, 3.63) is 68.2 Å². The first-order chi connectivity index (χ1) is 11.4. The van der Waals surface area contributed by atoms with Crippen molar-refractivity contribution in [2.75, 3.05) is 12.4 Å². The zero-order valence-corrected chi connectivity index (χ0v) is 14.0. The van der Waals surface area contributed by atoms with Crippen LogP contribution in [0.25, 0.3) is 6.08 Å². The second kappa shape index (κ2) is 7.81. The van der Waals surface area contributed by atoms with Crippen LogP contribution in [0.4, 0.5) is 11.4 Å². The maximum atomic E-state index is 12.0. The van der Waals surface area contributed by atoms with Gasteiger partial charge in [0.2, 0.25) is 5.91 Å². The highest BCUT2D eigenvalue weighted by Crippen LogP contribution is 2.29. The molecule has 0 spiro atoms. The highest BCUT2D eigenvalue weighted by molar-refractivity contribution is 6.37. The van der Waals surface area contributed by atoms with Crippen LogP contribution in [0.1, 0.15) is 5.56 Å². The zero-order chi connectivity index (χ0) is 17.7. The van der Waals surface area contributed by atoms with E-state index < -0.39 is 10.8 Å². The molecule has 6 nitrogen and oxygen atoms in total. The number of nitrogens with zero attached hydrogens (tertiary/aromatic N) is 1. The van der Waals surface area contributed by atoms with Crippen LogP contribution in [0.3, 0.4) is 0 Å². The maximum Gasteiger partial charge on any atom is 0.296 e. The van der Waals surface area contributed by atoms with Crippen molar-refractivity contribution in [1.82, 2.24) is 0 Å². The third-order valence-electron chi connectivity index (χ3n) is 3.06. The fraction of sp³-hybridized carbons (Fsp3) is 0.0625. The van der Waals surface area contributed by atoms with E-state index in [-0.39, 0.29) is 11.4 Å². The number of hydrogen-bond donors (Lipinski definition) is 1. The molecule has 0 aliphatic heterocycles. The number of rotatable bonds is 5. The average Bonchev–Trinajstić information content (AvgIpc) is 2.54. The number of carbonyl (C=O) groups is 1. The summed E-state index contributed by atoms with van der Waals surface area (Å²) in [7, 11) is 1.40. The summed E-state index contributed by atoms with van der Waals surface area (Å²) in [5.41, 5.74) is 0.271. The van der Waals surface area contributed by atoms with E-state index in [0.29, 0.717) is 21.4 Å². The molecular formula is C16H12Cl2N2O4. The normalized spacial score (nSPS) is 10.6. The van der Waals surface area contributed by atoms with Crippen molar-refractivity contribution in [1.29, 1.82) is 0 Å². The molecule has 0 heterocycles. The Morgan fingerprint density at radius 2 is 1.92 bits per heavy atom. The zero-order valence-electron chi connectivity index (χ0n) is 12.5. The number of hydrogen-bond acceptors (Lipinski definition) is 4. The first-order valence-corrected chi connectivity index (χ1v) is 7.43. The van der Waals surface area contributed by atoms with E-state index in [2.05, 4.69) is 5.32 Å². The second-order valence-corrected chi connectivity index (χ2v) is 5.41. The lowest BCUT2D eigenvalue weighted by atomic mass is 10.2. The molecule has 0 atom stereocenters. The molecule has 0 radical (unpaired) electrons. The minimum Gasteiger partial charge on any atom is -0.496 e. The van der Waals surface area contributed by atoms with Crippen LogP contribution in [0.2, 0.25) is 10.0 Å². The third kappa shape index (κ3) is 4.24. The van der Waals surface area contributed by atoms with E-state index in [0.717, 1.165) is 0 Å². The number of carbonyl (C=O) groups excluding carboxylic acids is 1. The first-order valence-electron chi connectivity index (χ1n) is 6.68. The van der Waals surface area contributed by atoms with Crippen molar-refractivity contribution < 1.29 is 14.5 Å². The van der Waals surface area contributed by atoms with Gasteiger partial charge >= 0.3 is 0 Å². The van der Waals surface area contributed by atoms with Crippen molar-refractivity contribution in [2.24, 2.45) is 0 Å². The van der Waals surface area contributed by atoms with Crippen molar-refractivity contribution in [2.45, 2.75) is 0 Å². The minimum absolute atomic E-state index is 0.0562. The Bertz CT molecular complexity index is 801. The number of amides is 1. The van der Waals surface area contributed by atoms with E-state index >= 15 is 0 Å². The molecule has 2 aromatic rings. The molecule has 2 aromatic carbocycles. The van der Waals surface area contributed by atoms with Gasteiger partial charge in [-0.2, -0.15) is 0 Å². The van der Waals surface area contributed by atoms with Crippen molar-refractivity contribution in [3.63, 3.8) is 0 Å². The number of halogens is 2. The van der Waals surface area contributed by atoms with Gasteiger partial charge < -0.3 is 10.1 Å². The lowest BCUT2D eigenvalue weighted by Crippen LogP contribution is -2.09. The topological polar surface area (TPSA) is 81.5 Å². The number of methoxy groups -OCH3 is 1. The van der Waals surface area contributed by atoms with Gasteiger partial charge in [0.25, 0.3) is 5.69 Å². The fourth-order valence-electron chi connectivity index (χ4n) is 1.90. The molecule has 0 saturated carbocycles. The molecule has 1 amide bonds. The Morgan fingerprint density at radius 1 is 1.25 bits per heavy atom. The Balaban J connectivity index is 2.21. The smallest absolute Gasteiger partial charge is 0.296 e. The van der Waals surface area contributed by atoms with Crippen LogP contribution in [0, 0.1) is 10.1 Å². The van der Waals surface area contributed by atoms with Gasteiger partial charge in [-0.05, 0) is 30.3 Å². The van der Waals surface area contributed by atoms with Gasteiger partial charge in [0.1, 0.15) is 11.4 Å². The summed E-state index contributed by atoms with van der Waals surface area (Å²) in [6.45, 7) is 0. The summed E-state index contributed by atoms with van der Waals surface area (Å²) in [4.78, 5) is 22.5. The lowest BCUT2D eigenvalue weighted by Gasteiger charge is -2.06. The third-order valence-corrected chi connectivity index (χ3v) is 3.72. The summed E-state index contributed by atoms with van der Waals surface area (Å²) >= 11 is 12.0. The summed E-state index contributed by atoms with van der Waals surface area (Å²) in [5.74, 6) is -0.239. The minimum atomic E-state index is -0.604. The monoisotopic (exact) mass is 366 g/mol. The molecular weight excluding hydrogens is 355 g/mol. The number of ether oxygens (including phenoxy) is 1. The van der Waals surface area contributed by atoms with E-state index in [1.807, 2.05) is 0 Å². The van der Waals surface area contributed by atoms with Gasteiger partial charge in [-0.1, -0.05) is 29.3 Å². The van der Waals surface area contributed by atoms with E-state index in [1.165, 1.54) is 37.5 Å². The van der Waals surface area contributed by atoms with Gasteiger partial charge in [-0.3, -0.25) is 14.9 Å². The Hall–Kier alpha value is -2.57. The molecule has 1 N–H and O–H groups in total. The number of benzene rings is 2. The molecule has 0 fully saturated rings. The van der Waals surface area contributed by atoms with E-state index in [4.69, 9.17) is 27.9 Å². The molecule has 0 unspecified atom stereocenters. The Labute approximate surface area is 147 Å². The number of nitrogens with one attached hydrogen (secondary N) is 1. The molecule has 124 valence electrons. The van der Waals surface area contributed by atoms with Gasteiger partial charge in [-0.25, -0.2) is 0 Å². The van der Waals surface area contributed by atoms with E-state index in [1.54, 1.807) is 18.2 Å². The summed E-state index contributed by atoms with van der Waals surface area (Å²) < 4.78 is 4.94.